The maximum Gasteiger partial charge on any atom is 0.311 e. The first kappa shape index (κ1) is 17.3. The van der Waals surface area contributed by atoms with Crippen molar-refractivity contribution in [3.8, 4) is 0 Å². The summed E-state index contributed by atoms with van der Waals surface area (Å²) in [6.45, 7) is 3.07. The number of aliphatic hydroxyl groups is 1. The van der Waals surface area contributed by atoms with Gasteiger partial charge in [0.2, 0.25) is 5.82 Å². The number of benzene rings is 1. The molecule has 0 atom stereocenters. The van der Waals surface area contributed by atoms with Crippen LogP contribution < -0.4 is 5.32 Å². The van der Waals surface area contributed by atoms with Gasteiger partial charge in [-0.15, -0.1) is 0 Å². The Bertz CT molecular complexity index is 730. The Balaban J connectivity index is 1.67. The molecule has 0 bridgehead atoms. The molecule has 0 unspecified atom stereocenters. The summed E-state index contributed by atoms with van der Waals surface area (Å²) in [5, 5.41) is 23.4. The monoisotopic (exact) mass is 342 g/mol. The third kappa shape index (κ3) is 4.52. The number of hydrogen-bond donors (Lipinski definition) is 2. The van der Waals surface area contributed by atoms with E-state index in [1.807, 2.05) is 18.2 Å². The Morgan fingerprint density at radius 2 is 2.08 bits per heavy atom. The number of nitrogens with one attached hydrogen (secondary N) is 1. The van der Waals surface area contributed by atoms with Gasteiger partial charge in [0.15, 0.2) is 0 Å². The fourth-order valence-corrected chi connectivity index (χ4v) is 3.11. The highest BCUT2D eigenvalue weighted by molar-refractivity contribution is 5.65. The number of anilines is 2. The fourth-order valence-electron chi connectivity index (χ4n) is 3.11. The van der Waals surface area contributed by atoms with E-state index in [2.05, 4.69) is 21.3 Å². The van der Waals surface area contributed by atoms with E-state index in [1.54, 1.807) is 6.07 Å². The van der Waals surface area contributed by atoms with E-state index in [-0.39, 0.29) is 18.1 Å². The van der Waals surface area contributed by atoms with Crippen molar-refractivity contribution in [1.29, 1.82) is 0 Å². The molecule has 0 saturated carbocycles. The first-order valence-electron chi connectivity index (χ1n) is 8.44. The molecular weight excluding hydrogens is 320 g/mol. The zero-order chi connectivity index (χ0) is 17.6. The highest BCUT2D eigenvalue weighted by Gasteiger charge is 2.19. The van der Waals surface area contributed by atoms with E-state index in [0.717, 1.165) is 43.7 Å². The molecule has 25 heavy (non-hydrogen) atoms. The molecule has 132 valence electrons. The van der Waals surface area contributed by atoms with Gasteiger partial charge < -0.3 is 10.4 Å². The minimum Gasteiger partial charge on any atom is -0.396 e. The van der Waals surface area contributed by atoms with Gasteiger partial charge in [-0.25, -0.2) is 4.98 Å². The highest BCUT2D eigenvalue weighted by atomic mass is 16.6. The Labute approximate surface area is 146 Å². The van der Waals surface area contributed by atoms with E-state index in [9.17, 15) is 15.2 Å². The van der Waals surface area contributed by atoms with Gasteiger partial charge in [0.25, 0.3) is 0 Å². The molecular formula is C18H22N4O3. The van der Waals surface area contributed by atoms with Crippen LogP contribution in [-0.2, 0) is 6.54 Å². The van der Waals surface area contributed by atoms with Gasteiger partial charge in [0, 0.05) is 31.1 Å². The molecule has 3 rings (SSSR count). The van der Waals surface area contributed by atoms with Crippen LogP contribution >= 0.6 is 0 Å². The summed E-state index contributed by atoms with van der Waals surface area (Å²) >= 11 is 0. The van der Waals surface area contributed by atoms with Crippen molar-refractivity contribution in [3.63, 3.8) is 0 Å². The lowest BCUT2D eigenvalue weighted by Crippen LogP contribution is -2.34. The van der Waals surface area contributed by atoms with Crippen LogP contribution in [0, 0.1) is 16.0 Å². The maximum atomic E-state index is 11.1. The first-order chi connectivity index (χ1) is 12.2. The first-order valence-corrected chi connectivity index (χ1v) is 8.44. The molecule has 7 heteroatoms. The lowest BCUT2D eigenvalue weighted by Gasteiger charge is -2.31. The minimum absolute atomic E-state index is 0.0426. The number of piperidine rings is 1. The van der Waals surface area contributed by atoms with Crippen LogP contribution in [0.1, 0.15) is 18.4 Å². The quantitative estimate of drug-likeness (QED) is 0.619. The summed E-state index contributed by atoms with van der Waals surface area (Å²) in [5.74, 6) is 0.669. The van der Waals surface area contributed by atoms with Crippen LogP contribution in [0.25, 0.3) is 0 Å². The van der Waals surface area contributed by atoms with Gasteiger partial charge in [-0.1, -0.05) is 12.1 Å². The number of nitrogens with zero attached hydrogens (tertiary/aromatic N) is 3. The maximum absolute atomic E-state index is 11.1. The van der Waals surface area contributed by atoms with Gasteiger partial charge in [0.05, 0.1) is 4.92 Å². The normalized spacial score (nSPS) is 15.9. The SMILES string of the molecule is O=[N+]([O-])c1cccnc1Nc1cccc(CN2CCC(CO)CC2)c1. The highest BCUT2D eigenvalue weighted by Crippen LogP contribution is 2.25. The summed E-state index contributed by atoms with van der Waals surface area (Å²) < 4.78 is 0. The zero-order valence-corrected chi connectivity index (χ0v) is 14.0. The molecule has 1 aromatic carbocycles. The number of aliphatic hydroxyl groups excluding tert-OH is 1. The summed E-state index contributed by atoms with van der Waals surface area (Å²) in [6, 6.07) is 10.8. The summed E-state index contributed by atoms with van der Waals surface area (Å²) in [6.07, 6.45) is 3.58. The molecule has 1 aromatic heterocycles. The number of pyridine rings is 1. The van der Waals surface area contributed by atoms with Gasteiger partial charge >= 0.3 is 5.69 Å². The Morgan fingerprint density at radius 1 is 1.28 bits per heavy atom. The van der Waals surface area contributed by atoms with Crippen molar-refractivity contribution in [1.82, 2.24) is 9.88 Å². The number of likely N-dealkylation sites (tertiary alicyclic amines) is 1. The molecule has 0 amide bonds. The van der Waals surface area contributed by atoms with E-state index in [4.69, 9.17) is 0 Å². The number of nitro groups is 1. The zero-order valence-electron chi connectivity index (χ0n) is 14.0. The molecule has 2 aromatic rings. The Hall–Kier alpha value is -2.51. The molecule has 2 heterocycles. The second kappa shape index (κ2) is 8.04. The lowest BCUT2D eigenvalue weighted by molar-refractivity contribution is -0.384. The second-order valence-corrected chi connectivity index (χ2v) is 6.36. The lowest BCUT2D eigenvalue weighted by atomic mass is 9.97. The molecule has 1 aliphatic rings. The topological polar surface area (TPSA) is 91.5 Å². The van der Waals surface area contributed by atoms with E-state index >= 15 is 0 Å². The third-order valence-electron chi connectivity index (χ3n) is 4.54. The van der Waals surface area contributed by atoms with Gasteiger partial charge in [0.1, 0.15) is 0 Å². The van der Waals surface area contributed by atoms with Crippen molar-refractivity contribution in [2.24, 2.45) is 5.92 Å². The molecule has 1 saturated heterocycles. The average molecular weight is 342 g/mol. The Morgan fingerprint density at radius 3 is 2.80 bits per heavy atom. The van der Waals surface area contributed by atoms with E-state index in [0.29, 0.717) is 5.92 Å². The van der Waals surface area contributed by atoms with Gasteiger partial charge in [-0.3, -0.25) is 15.0 Å². The molecule has 1 aliphatic heterocycles. The van der Waals surface area contributed by atoms with Crippen LogP contribution in [0.2, 0.25) is 0 Å². The predicted molar refractivity (Wildman–Crippen MR) is 95.7 cm³/mol. The van der Waals surface area contributed by atoms with Gasteiger partial charge in [-0.05, 0) is 55.6 Å². The van der Waals surface area contributed by atoms with Crippen molar-refractivity contribution in [2.75, 3.05) is 25.0 Å². The minimum atomic E-state index is -0.440. The van der Waals surface area contributed by atoms with Crippen LogP contribution in [0.5, 0.6) is 0 Å². The second-order valence-electron chi connectivity index (χ2n) is 6.36. The van der Waals surface area contributed by atoms with Crippen molar-refractivity contribution >= 4 is 17.2 Å². The number of rotatable bonds is 6. The predicted octanol–water partition coefficient (Wildman–Crippen LogP) is 2.94. The largest absolute Gasteiger partial charge is 0.396 e. The van der Waals surface area contributed by atoms with Crippen LogP contribution in [-0.4, -0.2) is 39.6 Å². The Kier molecular flexibility index (Phi) is 5.57. The number of hydrogen-bond acceptors (Lipinski definition) is 6. The third-order valence-corrected chi connectivity index (χ3v) is 4.54. The van der Waals surface area contributed by atoms with Crippen molar-refractivity contribution in [3.05, 3.63) is 58.3 Å². The molecule has 0 spiro atoms. The summed E-state index contributed by atoms with van der Waals surface area (Å²) in [4.78, 5) is 17.1. The molecule has 1 fully saturated rings. The molecule has 0 aliphatic carbocycles. The van der Waals surface area contributed by atoms with E-state index in [1.165, 1.54) is 12.3 Å². The van der Waals surface area contributed by atoms with Crippen LogP contribution in [0.4, 0.5) is 17.2 Å². The summed E-state index contributed by atoms with van der Waals surface area (Å²) in [7, 11) is 0. The fraction of sp³-hybridized carbons (Fsp3) is 0.389. The molecule has 7 nitrogen and oxygen atoms in total. The van der Waals surface area contributed by atoms with Crippen LogP contribution in [0.3, 0.4) is 0 Å². The van der Waals surface area contributed by atoms with Crippen molar-refractivity contribution in [2.45, 2.75) is 19.4 Å². The number of aromatic nitrogens is 1. The van der Waals surface area contributed by atoms with Gasteiger partial charge in [-0.2, -0.15) is 0 Å². The van der Waals surface area contributed by atoms with Crippen LogP contribution in [0.15, 0.2) is 42.6 Å². The molecule has 0 radical (unpaired) electrons. The average Bonchev–Trinajstić information content (AvgIpc) is 2.63. The molecule has 2 N–H and O–H groups in total. The van der Waals surface area contributed by atoms with E-state index < -0.39 is 4.92 Å². The summed E-state index contributed by atoms with van der Waals surface area (Å²) in [5.41, 5.74) is 1.88. The van der Waals surface area contributed by atoms with Crippen molar-refractivity contribution < 1.29 is 10.0 Å². The smallest absolute Gasteiger partial charge is 0.311 e. The standard InChI is InChI=1S/C18H22N4O3/c23-13-14-6-9-21(10-7-14)12-15-3-1-4-16(11-15)20-18-17(22(24)25)5-2-8-19-18/h1-5,8,11,14,23H,6-7,9-10,12-13H2,(H,19,20).